The van der Waals surface area contributed by atoms with Crippen LogP contribution in [0.1, 0.15) is 65.9 Å². The van der Waals surface area contributed by atoms with E-state index >= 15 is 0 Å². The highest BCUT2D eigenvalue weighted by atomic mass is 16.5. The fourth-order valence-electron chi connectivity index (χ4n) is 7.28. The molecule has 1 spiro atoms. The Labute approximate surface area is 277 Å². The lowest BCUT2D eigenvalue weighted by Gasteiger charge is -2.44. The van der Waals surface area contributed by atoms with E-state index in [4.69, 9.17) is 4.74 Å². The van der Waals surface area contributed by atoms with Crippen molar-refractivity contribution in [2.24, 2.45) is 0 Å². The van der Waals surface area contributed by atoms with Crippen LogP contribution in [0.25, 0.3) is 12.2 Å². The number of nitrogens with zero attached hydrogens (tertiary/aromatic N) is 3. The highest BCUT2D eigenvalue weighted by Crippen LogP contribution is 2.59. The second-order valence-electron chi connectivity index (χ2n) is 12.0. The maximum atomic E-state index is 14.7. The van der Waals surface area contributed by atoms with Gasteiger partial charge in [0.05, 0.1) is 0 Å². The maximum Gasteiger partial charge on any atom is 0.260 e. The zero-order valence-electron chi connectivity index (χ0n) is 27.5. The summed E-state index contributed by atoms with van der Waals surface area (Å²) < 4.78 is 6.85. The summed E-state index contributed by atoms with van der Waals surface area (Å²) in [6, 6.07) is 33.4. The topological polar surface area (TPSA) is 50.2 Å². The molecule has 0 unspecified atom stereocenters. The molecule has 2 aliphatic rings. The van der Waals surface area contributed by atoms with Gasteiger partial charge in [0.25, 0.3) is 5.91 Å². The minimum absolute atomic E-state index is 0.0242. The number of hydrogen-bond donors (Lipinski definition) is 0. The van der Waals surface area contributed by atoms with Gasteiger partial charge in [0.2, 0.25) is 0 Å². The molecule has 0 saturated carbocycles. The third kappa shape index (κ3) is 4.96. The van der Waals surface area contributed by atoms with Crippen molar-refractivity contribution >= 4 is 35.1 Å². The van der Waals surface area contributed by atoms with Gasteiger partial charge >= 0.3 is 0 Å². The van der Waals surface area contributed by atoms with Gasteiger partial charge in [-0.25, -0.2) is 4.98 Å². The van der Waals surface area contributed by atoms with Crippen LogP contribution >= 0.6 is 0 Å². The highest BCUT2D eigenvalue weighted by Gasteiger charge is 2.57. The second kappa shape index (κ2) is 12.4. The summed E-state index contributed by atoms with van der Waals surface area (Å²) in [6.07, 6.45) is 8.02. The van der Waals surface area contributed by atoms with Gasteiger partial charge in [0, 0.05) is 89.8 Å². The molecule has 47 heavy (non-hydrogen) atoms. The summed E-state index contributed by atoms with van der Waals surface area (Å²) in [5, 5.41) is 0. The number of hydrogen-bond acceptors (Lipinski definition) is 4. The van der Waals surface area contributed by atoms with Gasteiger partial charge < -0.3 is 14.5 Å². The molecule has 5 aromatic rings. The standard InChI is InChI=1S/C41H40N4O2/c1-5-43(6-2)32-19-21-36-38(27-32)47-39-28-33(44(7-3)8-4)20-22-37(39)41(36)35-12-10-9-11-34(35)40(46)45(41)31-17-15-29(16-18-31)13-14-30-23-25-42-26-24-30/h9-28H,5-8H2,1-4H3/p+1/b14-13+. The van der Waals surface area contributed by atoms with Crippen LogP contribution in [-0.2, 0) is 5.54 Å². The van der Waals surface area contributed by atoms with Crippen molar-refractivity contribution in [1.82, 2.24) is 0 Å². The summed E-state index contributed by atoms with van der Waals surface area (Å²) in [4.78, 5) is 24.4. The van der Waals surface area contributed by atoms with E-state index in [1.165, 1.54) is 0 Å². The molecule has 7 rings (SSSR count). The van der Waals surface area contributed by atoms with Gasteiger partial charge in [-0.1, -0.05) is 54.6 Å². The Kier molecular flexibility index (Phi) is 8.02. The van der Waals surface area contributed by atoms with E-state index in [9.17, 15) is 4.79 Å². The number of nitrogens with one attached hydrogen (secondary N) is 1. The number of anilines is 3. The van der Waals surface area contributed by atoms with Crippen molar-refractivity contribution in [2.75, 3.05) is 40.9 Å². The van der Waals surface area contributed by atoms with Crippen LogP contribution < -0.4 is 24.4 Å². The minimum Gasteiger partial charge on any atom is -0.456 e. The fraction of sp³-hybridized carbons (Fsp3) is 0.220. The van der Waals surface area contributed by atoms with Gasteiger partial charge in [-0.3, -0.25) is 9.69 Å². The first-order valence-corrected chi connectivity index (χ1v) is 16.7. The predicted molar refractivity (Wildman–Crippen MR) is 192 cm³/mol. The van der Waals surface area contributed by atoms with E-state index in [1.54, 1.807) is 0 Å². The van der Waals surface area contributed by atoms with Crippen LogP contribution in [0.15, 0.2) is 109 Å². The van der Waals surface area contributed by atoms with E-state index < -0.39 is 5.54 Å². The van der Waals surface area contributed by atoms with Crippen molar-refractivity contribution in [2.45, 2.75) is 33.2 Å². The Morgan fingerprint density at radius 2 is 1.19 bits per heavy atom. The predicted octanol–water partition coefficient (Wildman–Crippen LogP) is 8.42. The molecule has 6 heteroatoms. The summed E-state index contributed by atoms with van der Waals surface area (Å²) in [7, 11) is 0. The molecule has 0 bridgehead atoms. The van der Waals surface area contributed by atoms with Crippen LogP contribution in [0.5, 0.6) is 11.5 Å². The van der Waals surface area contributed by atoms with Crippen LogP contribution in [0.4, 0.5) is 17.1 Å². The molecular formula is C41H41N4O2+. The van der Waals surface area contributed by atoms with E-state index in [-0.39, 0.29) is 5.91 Å². The van der Waals surface area contributed by atoms with Gasteiger partial charge in [0.1, 0.15) is 17.0 Å². The minimum atomic E-state index is -0.919. The number of ether oxygens (including phenoxy) is 1. The molecule has 6 nitrogen and oxygen atoms in total. The van der Waals surface area contributed by atoms with Gasteiger partial charge in [0.15, 0.2) is 12.4 Å². The summed E-state index contributed by atoms with van der Waals surface area (Å²) >= 11 is 0. The summed E-state index contributed by atoms with van der Waals surface area (Å²) in [5.41, 5.74) is 7.87. The molecule has 2 aliphatic heterocycles. The second-order valence-corrected chi connectivity index (χ2v) is 12.0. The number of aromatic nitrogens is 1. The third-order valence-corrected chi connectivity index (χ3v) is 9.64. The molecule has 1 amide bonds. The number of H-pyrrole nitrogens is 1. The van der Waals surface area contributed by atoms with Crippen molar-refractivity contribution in [3.8, 4) is 11.5 Å². The van der Waals surface area contributed by atoms with Crippen LogP contribution in [0.3, 0.4) is 0 Å². The Bertz CT molecular complexity index is 1880. The zero-order valence-corrected chi connectivity index (χ0v) is 27.5. The lowest BCUT2D eigenvalue weighted by atomic mass is 9.74. The zero-order chi connectivity index (χ0) is 32.5. The molecule has 0 fully saturated rings. The monoisotopic (exact) mass is 621 g/mol. The largest absolute Gasteiger partial charge is 0.456 e. The highest BCUT2D eigenvalue weighted by molar-refractivity contribution is 6.14. The van der Waals surface area contributed by atoms with Gasteiger partial charge in [-0.15, -0.1) is 0 Å². The average Bonchev–Trinajstić information content (AvgIpc) is 3.37. The molecule has 0 aliphatic carbocycles. The molecular weight excluding hydrogens is 580 g/mol. The number of carbonyl (C=O) groups excluding carboxylic acids is 1. The van der Waals surface area contributed by atoms with Crippen LogP contribution in [0, 0.1) is 0 Å². The first kappa shape index (κ1) is 30.3. The lowest BCUT2D eigenvalue weighted by molar-refractivity contribution is -0.378. The third-order valence-electron chi connectivity index (χ3n) is 9.64. The van der Waals surface area contributed by atoms with Gasteiger partial charge in [-0.05, 0) is 69.2 Å². The number of aromatic amines is 1. The Balaban J connectivity index is 1.44. The molecule has 3 heterocycles. The molecule has 1 N–H and O–H groups in total. The van der Waals surface area contributed by atoms with Crippen molar-refractivity contribution in [1.29, 1.82) is 0 Å². The lowest BCUT2D eigenvalue weighted by Crippen LogP contribution is -2.47. The number of benzene rings is 4. The number of carbonyl (C=O) groups is 1. The molecule has 4 aromatic carbocycles. The normalized spacial score (nSPS) is 14.1. The molecule has 236 valence electrons. The van der Waals surface area contributed by atoms with Gasteiger partial charge in [-0.2, -0.15) is 0 Å². The van der Waals surface area contributed by atoms with E-state index in [0.29, 0.717) is 5.56 Å². The Morgan fingerprint density at radius 3 is 1.74 bits per heavy atom. The Morgan fingerprint density at radius 1 is 0.660 bits per heavy atom. The van der Waals surface area contributed by atoms with E-state index in [1.807, 2.05) is 47.6 Å². The van der Waals surface area contributed by atoms with Crippen molar-refractivity contribution in [3.05, 3.63) is 143 Å². The molecule has 0 atom stereocenters. The number of fused-ring (bicyclic) bond motifs is 6. The average molecular weight is 622 g/mol. The summed E-state index contributed by atoms with van der Waals surface area (Å²) in [5.74, 6) is 1.52. The first-order chi connectivity index (χ1) is 23.0. The number of rotatable bonds is 9. The molecule has 0 saturated heterocycles. The van der Waals surface area contributed by atoms with Crippen LogP contribution in [-0.4, -0.2) is 32.1 Å². The molecule has 1 aromatic heterocycles. The Hall–Kier alpha value is -5.36. The van der Waals surface area contributed by atoms with Crippen molar-refractivity contribution in [3.63, 3.8) is 0 Å². The van der Waals surface area contributed by atoms with E-state index in [0.717, 1.165) is 82.6 Å². The van der Waals surface area contributed by atoms with E-state index in [2.05, 4.69) is 121 Å². The summed E-state index contributed by atoms with van der Waals surface area (Å²) in [6.45, 7) is 12.2. The quantitative estimate of drug-likeness (QED) is 0.166. The fourth-order valence-corrected chi connectivity index (χ4v) is 7.28. The SMILES string of the molecule is CCN(CC)c1ccc2c(c1)Oc1cc(N(CC)CC)ccc1C21c2ccccc2C(=O)N1c1ccc(/C=C/c2cc[nH+]cc2)cc1. The first-order valence-electron chi connectivity index (χ1n) is 16.7. The van der Waals surface area contributed by atoms with Crippen molar-refractivity contribution < 1.29 is 14.5 Å². The maximum absolute atomic E-state index is 14.7. The smallest absolute Gasteiger partial charge is 0.260 e. The number of amides is 1. The van der Waals surface area contributed by atoms with Crippen LogP contribution in [0.2, 0.25) is 0 Å². The number of pyridine rings is 1. The molecule has 0 radical (unpaired) electrons.